The monoisotopic (exact) mass is 739 g/mol. The van der Waals surface area contributed by atoms with Crippen molar-refractivity contribution < 1.29 is 28.6 Å². The van der Waals surface area contributed by atoms with Crippen LogP contribution in [-0.4, -0.2) is 66.4 Å². The number of aromatic nitrogens is 1. The zero-order valence-electron chi connectivity index (χ0n) is 32.8. The smallest absolute Gasteiger partial charge is 0.407 e. The largest absolute Gasteiger partial charge is 0.481 e. The van der Waals surface area contributed by atoms with Gasteiger partial charge in [0.2, 0.25) is 5.88 Å². The molecule has 3 atom stereocenters. The Morgan fingerprint density at radius 3 is 1.92 bits per heavy atom. The predicted molar refractivity (Wildman–Crippen MR) is 214 cm³/mol. The standard InChI is InChI=1S/C43H57N3O6Si/c1-42(2,3)51-40(47)45-37(28-31-17-12-10-13-18-31)38(52-53(8,9)43(4,5)6)29-35(46(41(48)49)30-33-19-14-11-15-20-33)27-32-23-25-34(26-24-32)36-21-16-22-39(44-36)50-7/h10-26,35,37-38H,27-30H2,1-9H3,(H,45,47)(H,48,49)/t35-,37-,38-/m0/s1. The fourth-order valence-electron chi connectivity index (χ4n) is 5.95. The summed E-state index contributed by atoms with van der Waals surface area (Å²) in [5, 5.41) is 13.9. The first kappa shape index (κ1) is 41.1. The number of methoxy groups -OCH3 is 1. The van der Waals surface area contributed by atoms with E-state index in [0.29, 0.717) is 25.1 Å². The minimum Gasteiger partial charge on any atom is -0.481 e. The molecule has 0 fully saturated rings. The lowest BCUT2D eigenvalue weighted by Gasteiger charge is -2.43. The second-order valence-corrected chi connectivity index (χ2v) is 20.9. The van der Waals surface area contributed by atoms with Gasteiger partial charge in [-0.15, -0.1) is 0 Å². The lowest BCUT2D eigenvalue weighted by Crippen LogP contribution is -2.55. The molecule has 4 aromatic rings. The molecule has 0 spiro atoms. The van der Waals surface area contributed by atoms with Crippen LogP contribution in [0.25, 0.3) is 11.3 Å². The molecular weight excluding hydrogens is 683 g/mol. The topological polar surface area (TPSA) is 110 Å². The van der Waals surface area contributed by atoms with E-state index in [4.69, 9.17) is 13.9 Å². The molecule has 0 aliphatic heterocycles. The average molecular weight is 740 g/mol. The van der Waals surface area contributed by atoms with Gasteiger partial charge in [-0.2, -0.15) is 0 Å². The Bertz CT molecular complexity index is 1760. The van der Waals surface area contributed by atoms with E-state index in [0.717, 1.165) is 27.9 Å². The van der Waals surface area contributed by atoms with Crippen molar-refractivity contribution in [2.75, 3.05) is 7.11 Å². The maximum absolute atomic E-state index is 13.5. The normalized spacial score (nSPS) is 13.8. The Labute approximate surface area is 316 Å². The quantitative estimate of drug-likeness (QED) is 0.117. The minimum atomic E-state index is -2.47. The summed E-state index contributed by atoms with van der Waals surface area (Å²) < 4.78 is 18.3. The number of nitrogens with one attached hydrogen (secondary N) is 1. The first-order valence-electron chi connectivity index (χ1n) is 18.3. The molecule has 1 heterocycles. The molecule has 4 rings (SSSR count). The lowest BCUT2D eigenvalue weighted by atomic mass is 9.92. The van der Waals surface area contributed by atoms with Crippen LogP contribution in [0.2, 0.25) is 18.1 Å². The average Bonchev–Trinajstić information content (AvgIpc) is 3.09. The maximum Gasteiger partial charge on any atom is 0.407 e. The van der Waals surface area contributed by atoms with Crippen molar-refractivity contribution >= 4 is 20.5 Å². The Balaban J connectivity index is 1.79. The van der Waals surface area contributed by atoms with Gasteiger partial charge in [0, 0.05) is 24.2 Å². The van der Waals surface area contributed by atoms with Gasteiger partial charge in [-0.25, -0.2) is 14.6 Å². The molecule has 53 heavy (non-hydrogen) atoms. The van der Waals surface area contributed by atoms with Crippen molar-refractivity contribution in [3.63, 3.8) is 0 Å². The maximum atomic E-state index is 13.5. The molecule has 0 aliphatic carbocycles. The number of amides is 2. The van der Waals surface area contributed by atoms with E-state index >= 15 is 0 Å². The Morgan fingerprint density at radius 1 is 0.792 bits per heavy atom. The second kappa shape index (κ2) is 17.9. The molecule has 0 saturated heterocycles. The SMILES string of the molecule is COc1cccc(-c2ccc(C[C@@H](C[C@H](O[Si](C)(C)C(C)(C)C)[C@H](Cc3ccccc3)NC(=O)OC(C)(C)C)N(Cc3ccccc3)C(=O)O)cc2)n1. The van der Waals surface area contributed by atoms with Gasteiger partial charge in [0.1, 0.15) is 5.60 Å². The molecular formula is C43H57N3O6Si. The third-order valence-corrected chi connectivity index (χ3v) is 14.2. The molecule has 284 valence electrons. The van der Waals surface area contributed by atoms with Crippen LogP contribution in [0.15, 0.2) is 103 Å². The van der Waals surface area contributed by atoms with Crippen molar-refractivity contribution in [3.8, 4) is 17.1 Å². The van der Waals surface area contributed by atoms with E-state index in [-0.39, 0.29) is 11.6 Å². The van der Waals surface area contributed by atoms with Crippen LogP contribution in [0.5, 0.6) is 5.88 Å². The molecule has 0 unspecified atom stereocenters. The Kier molecular flexibility index (Phi) is 13.9. The van der Waals surface area contributed by atoms with Gasteiger partial charge in [0.05, 0.1) is 24.9 Å². The van der Waals surface area contributed by atoms with Crippen molar-refractivity contribution in [1.82, 2.24) is 15.2 Å². The van der Waals surface area contributed by atoms with Gasteiger partial charge in [-0.05, 0) is 80.9 Å². The van der Waals surface area contributed by atoms with Gasteiger partial charge in [0.15, 0.2) is 8.32 Å². The van der Waals surface area contributed by atoms with Gasteiger partial charge in [0.25, 0.3) is 0 Å². The lowest BCUT2D eigenvalue weighted by molar-refractivity contribution is 0.0373. The number of hydrogen-bond donors (Lipinski definition) is 2. The Morgan fingerprint density at radius 2 is 1.38 bits per heavy atom. The summed E-state index contributed by atoms with van der Waals surface area (Å²) in [6, 6.07) is 32.3. The van der Waals surface area contributed by atoms with E-state index in [1.165, 1.54) is 4.90 Å². The number of ether oxygens (including phenoxy) is 2. The summed E-state index contributed by atoms with van der Waals surface area (Å²) in [5.74, 6) is 0.530. The summed E-state index contributed by atoms with van der Waals surface area (Å²) in [5.41, 5.74) is 3.87. The van der Waals surface area contributed by atoms with Crippen LogP contribution in [0.1, 0.15) is 64.7 Å². The predicted octanol–water partition coefficient (Wildman–Crippen LogP) is 9.77. The van der Waals surface area contributed by atoms with E-state index < -0.39 is 44.3 Å². The van der Waals surface area contributed by atoms with Crippen LogP contribution >= 0.6 is 0 Å². The number of carbonyl (C=O) groups excluding carboxylic acids is 1. The van der Waals surface area contributed by atoms with Gasteiger partial charge in [-0.1, -0.05) is 112 Å². The van der Waals surface area contributed by atoms with Gasteiger partial charge < -0.3 is 29.2 Å². The van der Waals surface area contributed by atoms with Crippen LogP contribution < -0.4 is 10.1 Å². The first-order valence-corrected chi connectivity index (χ1v) is 21.2. The summed E-state index contributed by atoms with van der Waals surface area (Å²) >= 11 is 0. The van der Waals surface area contributed by atoms with Crippen LogP contribution in [-0.2, 0) is 28.5 Å². The highest BCUT2D eigenvalue weighted by atomic mass is 28.4. The van der Waals surface area contributed by atoms with Gasteiger partial charge >= 0.3 is 12.2 Å². The number of carboxylic acid groups (broad SMARTS) is 1. The van der Waals surface area contributed by atoms with E-state index in [2.05, 4.69) is 44.2 Å². The van der Waals surface area contributed by atoms with E-state index in [1.807, 2.05) is 118 Å². The molecule has 2 N–H and O–H groups in total. The fourth-order valence-corrected chi connectivity index (χ4v) is 7.32. The zero-order chi connectivity index (χ0) is 38.8. The van der Waals surface area contributed by atoms with Crippen molar-refractivity contribution in [1.29, 1.82) is 0 Å². The highest BCUT2D eigenvalue weighted by molar-refractivity contribution is 6.74. The van der Waals surface area contributed by atoms with Crippen LogP contribution in [0.3, 0.4) is 0 Å². The zero-order valence-corrected chi connectivity index (χ0v) is 33.8. The summed E-state index contributed by atoms with van der Waals surface area (Å²) in [6.07, 6.45) is -0.890. The van der Waals surface area contributed by atoms with Crippen LogP contribution in [0, 0.1) is 0 Å². The number of rotatable bonds is 15. The number of nitrogens with zero attached hydrogens (tertiary/aromatic N) is 2. The molecule has 0 saturated carbocycles. The molecule has 9 nitrogen and oxygen atoms in total. The molecule has 10 heteroatoms. The third-order valence-electron chi connectivity index (χ3n) is 9.74. The van der Waals surface area contributed by atoms with Crippen LogP contribution in [0.4, 0.5) is 9.59 Å². The first-order chi connectivity index (χ1) is 24.9. The van der Waals surface area contributed by atoms with Crippen molar-refractivity contribution in [3.05, 3.63) is 120 Å². The van der Waals surface area contributed by atoms with E-state index in [9.17, 15) is 14.7 Å². The summed E-state index contributed by atoms with van der Waals surface area (Å²) in [6.45, 7) is 16.6. The number of hydrogen-bond acceptors (Lipinski definition) is 6. The second-order valence-electron chi connectivity index (χ2n) is 16.1. The van der Waals surface area contributed by atoms with Crippen molar-refractivity contribution in [2.45, 2.75) is 109 Å². The molecule has 0 aliphatic rings. The Hall–Kier alpha value is -4.67. The number of benzene rings is 3. The highest BCUT2D eigenvalue weighted by Gasteiger charge is 2.43. The number of pyridine rings is 1. The molecule has 0 radical (unpaired) electrons. The number of carbonyl (C=O) groups is 2. The molecule has 1 aromatic heterocycles. The van der Waals surface area contributed by atoms with E-state index in [1.54, 1.807) is 13.2 Å². The molecule has 0 bridgehead atoms. The molecule has 3 aromatic carbocycles. The van der Waals surface area contributed by atoms with Crippen molar-refractivity contribution in [2.24, 2.45) is 0 Å². The fraction of sp³-hybridized carbons (Fsp3) is 0.419. The molecule has 2 amide bonds. The van der Waals surface area contributed by atoms with Gasteiger partial charge in [-0.3, -0.25) is 0 Å². The minimum absolute atomic E-state index is 0.148. The number of alkyl carbamates (subject to hydrolysis) is 1. The third kappa shape index (κ3) is 12.5. The summed E-state index contributed by atoms with van der Waals surface area (Å²) in [7, 11) is -0.877. The summed E-state index contributed by atoms with van der Waals surface area (Å²) in [4.78, 5) is 32.8. The highest BCUT2D eigenvalue weighted by Crippen LogP contribution is 2.39.